The van der Waals surface area contributed by atoms with Crippen molar-refractivity contribution in [3.63, 3.8) is 0 Å². The summed E-state index contributed by atoms with van der Waals surface area (Å²) in [5, 5.41) is 9.86. The molecule has 0 N–H and O–H groups in total. The van der Waals surface area contributed by atoms with Gasteiger partial charge in [-0.3, -0.25) is 0 Å². The molecule has 0 atom stereocenters. The van der Waals surface area contributed by atoms with Crippen molar-refractivity contribution in [3.05, 3.63) is 28.8 Å². The van der Waals surface area contributed by atoms with Crippen LogP contribution in [0.25, 0.3) is 0 Å². The van der Waals surface area contributed by atoms with Gasteiger partial charge in [-0.2, -0.15) is 5.26 Å². The number of halogens is 1. The normalized spacial score (nSPS) is 20.9. The van der Waals surface area contributed by atoms with Crippen LogP contribution >= 0.6 is 11.6 Å². The van der Waals surface area contributed by atoms with E-state index in [0.717, 1.165) is 18.8 Å². The number of nitrogens with zero attached hydrogens (tertiary/aromatic N) is 2. The number of benzene rings is 1. The molecule has 1 aromatic carbocycles. The topological polar surface area (TPSA) is 36.3 Å². The summed E-state index contributed by atoms with van der Waals surface area (Å²) in [5.74, 6) is 0. The second-order valence-electron chi connectivity index (χ2n) is 6.25. The van der Waals surface area contributed by atoms with Crippen LogP contribution in [0.3, 0.4) is 0 Å². The highest BCUT2D eigenvalue weighted by Gasteiger charge is 2.38. The number of anilines is 1. The summed E-state index contributed by atoms with van der Waals surface area (Å²) >= 11 is 5.95. The number of nitriles is 1. The summed E-state index contributed by atoms with van der Waals surface area (Å²) in [7, 11) is 0. The molecule has 1 aliphatic heterocycles. The quantitative estimate of drug-likeness (QED) is 0.787. The van der Waals surface area contributed by atoms with Gasteiger partial charge < -0.3 is 9.64 Å². The van der Waals surface area contributed by atoms with Crippen LogP contribution in [-0.2, 0) is 4.74 Å². The summed E-state index contributed by atoms with van der Waals surface area (Å²) in [6.07, 6.45) is 0. The molecule has 1 fully saturated rings. The van der Waals surface area contributed by atoms with Gasteiger partial charge in [0, 0.05) is 18.1 Å². The Balaban J connectivity index is 2.39. The van der Waals surface area contributed by atoms with Crippen LogP contribution in [0.1, 0.15) is 33.3 Å². The third-order valence-electron chi connectivity index (χ3n) is 3.12. The van der Waals surface area contributed by atoms with Crippen LogP contribution < -0.4 is 4.90 Å². The van der Waals surface area contributed by atoms with E-state index in [1.807, 2.05) is 12.1 Å². The van der Waals surface area contributed by atoms with Gasteiger partial charge in [0.25, 0.3) is 0 Å². The lowest BCUT2D eigenvalue weighted by Crippen LogP contribution is -2.57. The zero-order valence-corrected chi connectivity index (χ0v) is 12.6. The SMILES string of the molecule is CC1(C)CN(c2ccc(Cl)cc2C#N)CC(C)(C)O1. The van der Waals surface area contributed by atoms with Crippen molar-refractivity contribution < 1.29 is 4.74 Å². The number of morpholine rings is 1. The Kier molecular flexibility index (Phi) is 3.51. The maximum Gasteiger partial charge on any atom is 0.101 e. The summed E-state index contributed by atoms with van der Waals surface area (Å²) in [5.41, 5.74) is 1.06. The Hall–Kier alpha value is -1.24. The molecule has 0 radical (unpaired) electrons. The first-order chi connectivity index (χ1) is 8.72. The van der Waals surface area contributed by atoms with Crippen LogP contribution in [0.4, 0.5) is 5.69 Å². The molecule has 1 heterocycles. The molecule has 2 rings (SSSR count). The zero-order chi connectivity index (χ0) is 14.3. The van der Waals surface area contributed by atoms with Crippen molar-refractivity contribution in [1.82, 2.24) is 0 Å². The lowest BCUT2D eigenvalue weighted by atomic mass is 9.97. The zero-order valence-electron chi connectivity index (χ0n) is 11.8. The Bertz CT molecular complexity index is 515. The highest BCUT2D eigenvalue weighted by Crippen LogP contribution is 2.33. The molecular formula is C15H19ClN2O. The molecule has 0 aromatic heterocycles. The molecule has 3 nitrogen and oxygen atoms in total. The van der Waals surface area contributed by atoms with E-state index in [2.05, 4.69) is 38.7 Å². The lowest BCUT2D eigenvalue weighted by molar-refractivity contribution is -0.133. The maximum atomic E-state index is 9.27. The van der Waals surface area contributed by atoms with Crippen molar-refractivity contribution in [2.45, 2.75) is 38.9 Å². The fourth-order valence-corrected chi connectivity index (χ4v) is 3.00. The van der Waals surface area contributed by atoms with Crippen LogP contribution in [0.15, 0.2) is 18.2 Å². The van der Waals surface area contributed by atoms with Crippen LogP contribution in [0.2, 0.25) is 5.02 Å². The van der Waals surface area contributed by atoms with E-state index in [4.69, 9.17) is 16.3 Å². The van der Waals surface area contributed by atoms with E-state index in [9.17, 15) is 5.26 Å². The van der Waals surface area contributed by atoms with Crippen LogP contribution in [-0.4, -0.2) is 24.3 Å². The maximum absolute atomic E-state index is 9.27. The standard InChI is InChI=1S/C15H19ClN2O/c1-14(2)9-18(10-15(3,4)19-14)13-6-5-12(16)7-11(13)8-17/h5-7H,9-10H2,1-4H3. The Morgan fingerprint density at radius 2 is 1.79 bits per heavy atom. The number of hydrogen-bond acceptors (Lipinski definition) is 3. The first kappa shape index (κ1) is 14.2. The van der Waals surface area contributed by atoms with Gasteiger partial charge >= 0.3 is 0 Å². The molecule has 0 bridgehead atoms. The molecule has 0 amide bonds. The van der Waals surface area contributed by atoms with E-state index in [1.165, 1.54) is 0 Å². The van der Waals surface area contributed by atoms with Crippen molar-refractivity contribution in [3.8, 4) is 6.07 Å². The van der Waals surface area contributed by atoms with Gasteiger partial charge in [-0.15, -0.1) is 0 Å². The molecule has 19 heavy (non-hydrogen) atoms. The Morgan fingerprint density at radius 3 is 2.32 bits per heavy atom. The Labute approximate surface area is 119 Å². The van der Waals surface area contributed by atoms with Crippen LogP contribution in [0.5, 0.6) is 0 Å². The second kappa shape index (κ2) is 4.70. The second-order valence-corrected chi connectivity index (χ2v) is 6.69. The van der Waals surface area contributed by atoms with E-state index in [-0.39, 0.29) is 11.2 Å². The summed E-state index contributed by atoms with van der Waals surface area (Å²) in [4.78, 5) is 2.21. The fraction of sp³-hybridized carbons (Fsp3) is 0.533. The molecule has 0 saturated carbocycles. The third kappa shape index (κ3) is 3.20. The molecule has 102 valence electrons. The average Bonchev–Trinajstić information content (AvgIpc) is 2.24. The number of rotatable bonds is 1. The van der Waals surface area contributed by atoms with E-state index in [0.29, 0.717) is 10.6 Å². The van der Waals surface area contributed by atoms with Gasteiger partial charge in [0.05, 0.1) is 22.5 Å². The summed E-state index contributed by atoms with van der Waals surface area (Å²) in [6.45, 7) is 9.80. The predicted molar refractivity (Wildman–Crippen MR) is 77.6 cm³/mol. The molecule has 4 heteroatoms. The first-order valence-electron chi connectivity index (χ1n) is 6.37. The van der Waals surface area contributed by atoms with E-state index in [1.54, 1.807) is 6.07 Å². The highest BCUT2D eigenvalue weighted by molar-refractivity contribution is 6.30. The van der Waals surface area contributed by atoms with Crippen molar-refractivity contribution in [2.75, 3.05) is 18.0 Å². The summed E-state index contributed by atoms with van der Waals surface area (Å²) < 4.78 is 6.06. The molecular weight excluding hydrogens is 260 g/mol. The van der Waals surface area contributed by atoms with Gasteiger partial charge in [-0.25, -0.2) is 0 Å². The van der Waals surface area contributed by atoms with Gasteiger partial charge in [-0.1, -0.05) is 11.6 Å². The largest absolute Gasteiger partial charge is 0.366 e. The van der Waals surface area contributed by atoms with Crippen LogP contribution in [0, 0.1) is 11.3 Å². The van der Waals surface area contributed by atoms with Gasteiger partial charge in [0.15, 0.2) is 0 Å². The number of ether oxygens (including phenoxy) is 1. The minimum Gasteiger partial charge on any atom is -0.366 e. The average molecular weight is 279 g/mol. The van der Waals surface area contributed by atoms with Crippen molar-refractivity contribution in [2.24, 2.45) is 0 Å². The molecule has 1 saturated heterocycles. The number of hydrogen-bond donors (Lipinski definition) is 0. The monoisotopic (exact) mass is 278 g/mol. The smallest absolute Gasteiger partial charge is 0.101 e. The molecule has 0 aliphatic carbocycles. The third-order valence-corrected chi connectivity index (χ3v) is 3.35. The van der Waals surface area contributed by atoms with Crippen molar-refractivity contribution >= 4 is 17.3 Å². The van der Waals surface area contributed by atoms with E-state index >= 15 is 0 Å². The molecule has 0 spiro atoms. The molecule has 1 aliphatic rings. The van der Waals surface area contributed by atoms with Gasteiger partial charge in [0.1, 0.15) is 6.07 Å². The Morgan fingerprint density at radius 1 is 1.21 bits per heavy atom. The molecule has 1 aromatic rings. The lowest BCUT2D eigenvalue weighted by Gasteiger charge is -2.48. The molecule has 0 unspecified atom stereocenters. The predicted octanol–water partition coefficient (Wildman–Crippen LogP) is 3.61. The highest BCUT2D eigenvalue weighted by atomic mass is 35.5. The summed E-state index contributed by atoms with van der Waals surface area (Å²) in [6, 6.07) is 7.68. The van der Waals surface area contributed by atoms with Gasteiger partial charge in [-0.05, 0) is 45.9 Å². The fourth-order valence-electron chi connectivity index (χ4n) is 2.83. The first-order valence-corrected chi connectivity index (χ1v) is 6.75. The van der Waals surface area contributed by atoms with Gasteiger partial charge in [0.2, 0.25) is 0 Å². The minimum atomic E-state index is -0.242. The minimum absolute atomic E-state index is 0.242. The van der Waals surface area contributed by atoms with Crippen molar-refractivity contribution in [1.29, 1.82) is 5.26 Å². The van der Waals surface area contributed by atoms with E-state index < -0.39 is 0 Å².